The lowest BCUT2D eigenvalue weighted by atomic mass is 10.1. The summed E-state index contributed by atoms with van der Waals surface area (Å²) in [7, 11) is 0. The van der Waals surface area contributed by atoms with Crippen LogP contribution in [0.2, 0.25) is 0 Å². The number of thiazole rings is 1. The van der Waals surface area contributed by atoms with Gasteiger partial charge in [0.2, 0.25) is 0 Å². The topological polar surface area (TPSA) is 51.3 Å². The Bertz CT molecular complexity index is 313. The van der Waals surface area contributed by atoms with Gasteiger partial charge in [0.25, 0.3) is 0 Å². The number of aromatic nitrogens is 1. The lowest BCUT2D eigenvalue weighted by Gasteiger charge is -2.07. The van der Waals surface area contributed by atoms with Gasteiger partial charge in [-0.2, -0.15) is 0 Å². The van der Waals surface area contributed by atoms with E-state index < -0.39 is 0 Å². The van der Waals surface area contributed by atoms with E-state index in [1.165, 1.54) is 25.7 Å². The number of aliphatic imine (C=N–C) groups is 1. The van der Waals surface area contributed by atoms with Crippen LogP contribution in [0, 0.1) is 5.92 Å². The van der Waals surface area contributed by atoms with Gasteiger partial charge in [0, 0.05) is 30.5 Å². The molecule has 0 spiro atoms. The second-order valence-corrected chi connectivity index (χ2v) is 4.94. The molecule has 2 N–H and O–H groups in total. The summed E-state index contributed by atoms with van der Waals surface area (Å²) in [5.41, 5.74) is 5.95. The second-order valence-electron chi connectivity index (χ2n) is 3.96. The fourth-order valence-electron chi connectivity index (χ4n) is 2.01. The van der Waals surface area contributed by atoms with Crippen LogP contribution >= 0.6 is 11.3 Å². The lowest BCUT2D eigenvalue weighted by molar-refractivity contribution is 0.715. The zero-order valence-electron chi connectivity index (χ0n) is 8.85. The van der Waals surface area contributed by atoms with Crippen molar-refractivity contribution in [2.45, 2.75) is 32.1 Å². The van der Waals surface area contributed by atoms with Gasteiger partial charge in [-0.25, -0.2) is 4.98 Å². The maximum atomic E-state index is 5.95. The summed E-state index contributed by atoms with van der Waals surface area (Å²) in [5.74, 6) is 1.42. The molecule has 0 amide bonds. The number of amidine groups is 1. The van der Waals surface area contributed by atoms with E-state index in [-0.39, 0.29) is 0 Å². The first-order valence-electron chi connectivity index (χ1n) is 5.54. The highest BCUT2D eigenvalue weighted by Gasteiger charge is 2.17. The molecule has 4 heteroatoms. The number of nitrogens with zero attached hydrogens (tertiary/aromatic N) is 2. The van der Waals surface area contributed by atoms with Crippen LogP contribution in [0.4, 0.5) is 0 Å². The molecule has 3 nitrogen and oxygen atoms in total. The molecule has 0 radical (unpaired) electrons. The molecule has 1 aliphatic carbocycles. The van der Waals surface area contributed by atoms with Crippen molar-refractivity contribution in [3.63, 3.8) is 0 Å². The Balaban J connectivity index is 1.78. The van der Waals surface area contributed by atoms with Crippen molar-refractivity contribution < 1.29 is 0 Å². The van der Waals surface area contributed by atoms with E-state index in [2.05, 4.69) is 9.98 Å². The molecule has 0 unspecified atom stereocenters. The fraction of sp³-hybridized carbons (Fsp3) is 0.636. The van der Waals surface area contributed by atoms with Gasteiger partial charge < -0.3 is 5.73 Å². The number of rotatable bonds is 4. The Kier molecular flexibility index (Phi) is 3.72. The molecule has 2 rings (SSSR count). The van der Waals surface area contributed by atoms with E-state index in [9.17, 15) is 0 Å². The monoisotopic (exact) mass is 223 g/mol. The molecule has 1 fully saturated rings. The van der Waals surface area contributed by atoms with Gasteiger partial charge in [-0.15, -0.1) is 11.3 Å². The Morgan fingerprint density at radius 2 is 2.33 bits per heavy atom. The third-order valence-electron chi connectivity index (χ3n) is 2.88. The quantitative estimate of drug-likeness (QED) is 0.628. The molecule has 0 aromatic carbocycles. The standard InChI is InChI=1S/C11H17N3S/c12-11(9-3-1-2-4-9)14-6-5-10-13-7-8-15-10/h7-9H,1-6H2,(H2,12,14). The summed E-state index contributed by atoms with van der Waals surface area (Å²) >= 11 is 1.69. The third-order valence-corrected chi connectivity index (χ3v) is 3.72. The molecule has 0 aliphatic heterocycles. The molecule has 1 aromatic rings. The highest BCUT2D eigenvalue weighted by atomic mass is 32.1. The lowest BCUT2D eigenvalue weighted by Crippen LogP contribution is -2.21. The van der Waals surface area contributed by atoms with E-state index in [1.807, 2.05) is 11.6 Å². The SMILES string of the molecule is NC(=NCCc1nccs1)C1CCCC1. The first kappa shape index (κ1) is 10.6. The predicted molar refractivity (Wildman–Crippen MR) is 64.3 cm³/mol. The zero-order chi connectivity index (χ0) is 10.5. The molecule has 0 saturated heterocycles. The van der Waals surface area contributed by atoms with Gasteiger partial charge >= 0.3 is 0 Å². The number of nitrogens with two attached hydrogens (primary N) is 1. The normalized spacial score (nSPS) is 18.5. The van der Waals surface area contributed by atoms with Crippen molar-refractivity contribution in [2.24, 2.45) is 16.6 Å². The van der Waals surface area contributed by atoms with E-state index in [0.717, 1.165) is 23.8 Å². The Hall–Kier alpha value is -0.900. The molecular formula is C11H17N3S. The first-order valence-corrected chi connectivity index (χ1v) is 6.42. The zero-order valence-corrected chi connectivity index (χ0v) is 9.67. The van der Waals surface area contributed by atoms with Crippen molar-refractivity contribution in [1.29, 1.82) is 0 Å². The molecular weight excluding hydrogens is 206 g/mol. The number of hydrogen-bond donors (Lipinski definition) is 1. The van der Waals surface area contributed by atoms with Gasteiger partial charge in [0.05, 0.1) is 10.8 Å². The van der Waals surface area contributed by atoms with E-state index >= 15 is 0 Å². The molecule has 82 valence electrons. The molecule has 0 bridgehead atoms. The van der Waals surface area contributed by atoms with E-state index in [0.29, 0.717) is 5.92 Å². The Morgan fingerprint density at radius 3 is 3.00 bits per heavy atom. The minimum Gasteiger partial charge on any atom is -0.387 e. The minimum absolute atomic E-state index is 0.557. The van der Waals surface area contributed by atoms with Gasteiger partial charge in [0.1, 0.15) is 0 Å². The largest absolute Gasteiger partial charge is 0.387 e. The molecule has 0 atom stereocenters. The molecule has 15 heavy (non-hydrogen) atoms. The van der Waals surface area contributed by atoms with Crippen LogP contribution < -0.4 is 5.73 Å². The Labute approximate surface area is 94.4 Å². The van der Waals surface area contributed by atoms with Crippen molar-refractivity contribution >= 4 is 17.2 Å². The van der Waals surface area contributed by atoms with E-state index in [1.54, 1.807) is 11.3 Å². The average Bonchev–Trinajstić information content (AvgIpc) is 2.90. The smallest absolute Gasteiger partial charge is 0.0968 e. The molecule has 1 heterocycles. The minimum atomic E-state index is 0.557. The van der Waals surface area contributed by atoms with Gasteiger partial charge in [-0.3, -0.25) is 4.99 Å². The summed E-state index contributed by atoms with van der Waals surface area (Å²) < 4.78 is 0. The summed E-state index contributed by atoms with van der Waals surface area (Å²) in [6.45, 7) is 0.788. The molecule has 1 aromatic heterocycles. The average molecular weight is 223 g/mol. The van der Waals surface area contributed by atoms with Crippen LogP contribution in [-0.2, 0) is 6.42 Å². The van der Waals surface area contributed by atoms with Crippen molar-refractivity contribution in [3.8, 4) is 0 Å². The summed E-state index contributed by atoms with van der Waals surface area (Å²) in [6, 6.07) is 0. The van der Waals surface area contributed by atoms with Crippen LogP contribution in [-0.4, -0.2) is 17.4 Å². The van der Waals surface area contributed by atoms with Gasteiger partial charge in [-0.05, 0) is 12.8 Å². The first-order chi connectivity index (χ1) is 7.36. The highest BCUT2D eigenvalue weighted by molar-refractivity contribution is 7.09. The van der Waals surface area contributed by atoms with Crippen LogP contribution in [0.1, 0.15) is 30.7 Å². The third kappa shape index (κ3) is 3.02. The van der Waals surface area contributed by atoms with Crippen LogP contribution in [0.25, 0.3) is 0 Å². The van der Waals surface area contributed by atoms with E-state index in [4.69, 9.17) is 5.73 Å². The second kappa shape index (κ2) is 5.26. The number of hydrogen-bond acceptors (Lipinski definition) is 3. The van der Waals surface area contributed by atoms with Gasteiger partial charge in [-0.1, -0.05) is 12.8 Å². The van der Waals surface area contributed by atoms with Crippen molar-refractivity contribution in [2.75, 3.05) is 6.54 Å². The predicted octanol–water partition coefficient (Wildman–Crippen LogP) is 2.23. The van der Waals surface area contributed by atoms with Crippen LogP contribution in [0.3, 0.4) is 0 Å². The molecule has 1 aliphatic rings. The summed E-state index contributed by atoms with van der Waals surface area (Å²) in [6.07, 6.45) is 7.84. The summed E-state index contributed by atoms with van der Waals surface area (Å²) in [5, 5.41) is 3.15. The fourth-order valence-corrected chi connectivity index (χ4v) is 2.62. The van der Waals surface area contributed by atoms with Crippen molar-refractivity contribution in [3.05, 3.63) is 16.6 Å². The van der Waals surface area contributed by atoms with Crippen LogP contribution in [0.5, 0.6) is 0 Å². The summed E-state index contributed by atoms with van der Waals surface area (Å²) in [4.78, 5) is 8.66. The highest BCUT2D eigenvalue weighted by Crippen LogP contribution is 2.24. The Morgan fingerprint density at radius 1 is 1.53 bits per heavy atom. The maximum absolute atomic E-state index is 5.95. The molecule has 1 saturated carbocycles. The van der Waals surface area contributed by atoms with Crippen molar-refractivity contribution in [1.82, 2.24) is 4.98 Å². The van der Waals surface area contributed by atoms with Crippen LogP contribution in [0.15, 0.2) is 16.6 Å². The van der Waals surface area contributed by atoms with Gasteiger partial charge in [0.15, 0.2) is 0 Å². The maximum Gasteiger partial charge on any atom is 0.0968 e.